The van der Waals surface area contributed by atoms with Gasteiger partial charge in [0.25, 0.3) is 5.91 Å². The molecule has 1 fully saturated rings. The summed E-state index contributed by atoms with van der Waals surface area (Å²) in [6.07, 6.45) is 0. The lowest BCUT2D eigenvalue weighted by molar-refractivity contribution is -0.141. The van der Waals surface area contributed by atoms with E-state index in [-0.39, 0.29) is 19.1 Å². The van der Waals surface area contributed by atoms with Crippen molar-refractivity contribution in [1.29, 1.82) is 0 Å². The lowest BCUT2D eigenvalue weighted by atomic mass is 9.79. The van der Waals surface area contributed by atoms with Crippen molar-refractivity contribution in [3.63, 3.8) is 0 Å². The average molecular weight is 333 g/mol. The number of esters is 1. The summed E-state index contributed by atoms with van der Waals surface area (Å²) in [5.74, 6) is -0.789. The summed E-state index contributed by atoms with van der Waals surface area (Å²) >= 11 is 0. The predicted octanol–water partition coefficient (Wildman–Crippen LogP) is 1.28. The Morgan fingerprint density at radius 2 is 1.62 bits per heavy atom. The Morgan fingerprint density at radius 1 is 1.08 bits per heavy atom. The van der Waals surface area contributed by atoms with Gasteiger partial charge in [-0.25, -0.2) is 0 Å². The van der Waals surface area contributed by atoms with Crippen LogP contribution in [-0.2, 0) is 18.8 Å². The average Bonchev–Trinajstić information content (AvgIpc) is 2.73. The van der Waals surface area contributed by atoms with Crippen molar-refractivity contribution in [2.24, 2.45) is 0 Å². The Kier molecular flexibility index (Phi) is 5.35. The Labute approximate surface area is 143 Å². The van der Waals surface area contributed by atoms with Crippen LogP contribution >= 0.6 is 0 Å². The molecule has 0 aliphatic carbocycles. The van der Waals surface area contributed by atoms with Gasteiger partial charge in [0.2, 0.25) is 0 Å². The number of nitrogens with one attached hydrogen (secondary N) is 1. The molecule has 1 aliphatic heterocycles. The van der Waals surface area contributed by atoms with Gasteiger partial charge < -0.3 is 19.4 Å². The quantitative estimate of drug-likeness (QED) is 0.649. The smallest absolute Gasteiger partial charge is 0.465 e. The fourth-order valence-electron chi connectivity index (χ4n) is 2.24. The van der Waals surface area contributed by atoms with Crippen LogP contribution in [0.15, 0.2) is 24.3 Å². The molecule has 0 unspecified atom stereocenters. The van der Waals surface area contributed by atoms with E-state index in [4.69, 9.17) is 14.0 Å². The van der Waals surface area contributed by atoms with Crippen LogP contribution in [0.25, 0.3) is 0 Å². The van der Waals surface area contributed by atoms with Crippen LogP contribution < -0.4 is 10.8 Å². The molecule has 1 aliphatic rings. The number of rotatable bonds is 5. The van der Waals surface area contributed by atoms with Gasteiger partial charge in [-0.15, -0.1) is 0 Å². The molecule has 0 bridgehead atoms. The van der Waals surface area contributed by atoms with Gasteiger partial charge in [-0.05, 0) is 52.2 Å². The maximum absolute atomic E-state index is 12.0. The number of hydrogen-bond acceptors (Lipinski definition) is 5. The molecule has 1 aromatic carbocycles. The van der Waals surface area contributed by atoms with Crippen molar-refractivity contribution < 1.29 is 23.6 Å². The molecule has 7 heteroatoms. The van der Waals surface area contributed by atoms with Gasteiger partial charge in [-0.3, -0.25) is 9.59 Å². The molecule has 6 nitrogen and oxygen atoms in total. The van der Waals surface area contributed by atoms with Gasteiger partial charge in [0.05, 0.1) is 17.8 Å². The van der Waals surface area contributed by atoms with Crippen molar-refractivity contribution in [3.05, 3.63) is 29.8 Å². The molecule has 1 amide bonds. The first-order chi connectivity index (χ1) is 11.2. The molecule has 0 atom stereocenters. The molecule has 0 saturated carbocycles. The van der Waals surface area contributed by atoms with E-state index in [1.54, 1.807) is 31.2 Å². The fourth-order valence-corrected chi connectivity index (χ4v) is 2.24. The van der Waals surface area contributed by atoms with Crippen LogP contribution in [0.4, 0.5) is 0 Å². The minimum Gasteiger partial charge on any atom is -0.465 e. The van der Waals surface area contributed by atoms with E-state index in [2.05, 4.69) is 5.32 Å². The maximum Gasteiger partial charge on any atom is 0.494 e. The van der Waals surface area contributed by atoms with Gasteiger partial charge in [-0.1, -0.05) is 12.1 Å². The number of ether oxygens (including phenoxy) is 1. The van der Waals surface area contributed by atoms with Gasteiger partial charge in [0.1, 0.15) is 6.54 Å². The highest BCUT2D eigenvalue weighted by Crippen LogP contribution is 2.36. The summed E-state index contributed by atoms with van der Waals surface area (Å²) in [4.78, 5) is 23.3. The van der Waals surface area contributed by atoms with E-state index in [0.29, 0.717) is 5.56 Å². The highest BCUT2D eigenvalue weighted by Gasteiger charge is 2.51. The third-order valence-electron chi connectivity index (χ3n) is 4.40. The molecule has 1 saturated heterocycles. The van der Waals surface area contributed by atoms with Crippen LogP contribution in [0.2, 0.25) is 0 Å². The largest absolute Gasteiger partial charge is 0.494 e. The number of carbonyl (C=O) groups excluding carboxylic acids is 2. The van der Waals surface area contributed by atoms with Crippen LogP contribution in [0, 0.1) is 0 Å². The Morgan fingerprint density at radius 3 is 2.12 bits per heavy atom. The van der Waals surface area contributed by atoms with Crippen LogP contribution in [0.1, 0.15) is 45.0 Å². The van der Waals surface area contributed by atoms with Gasteiger partial charge in [-0.2, -0.15) is 0 Å². The number of carbonyl (C=O) groups is 2. The molecule has 1 N–H and O–H groups in total. The highest BCUT2D eigenvalue weighted by molar-refractivity contribution is 6.62. The summed E-state index contributed by atoms with van der Waals surface area (Å²) in [5.41, 5.74) is 0.482. The van der Waals surface area contributed by atoms with Gasteiger partial charge in [0, 0.05) is 5.56 Å². The van der Waals surface area contributed by atoms with E-state index in [0.717, 1.165) is 5.46 Å². The predicted molar refractivity (Wildman–Crippen MR) is 91.1 cm³/mol. The van der Waals surface area contributed by atoms with Crippen molar-refractivity contribution >= 4 is 24.5 Å². The molecular weight excluding hydrogens is 309 g/mol. The maximum atomic E-state index is 12.0. The topological polar surface area (TPSA) is 73.9 Å². The molecular formula is C17H24BNO5. The Bertz CT molecular complexity index is 596. The summed E-state index contributed by atoms with van der Waals surface area (Å²) in [5, 5.41) is 2.52. The standard InChI is InChI=1S/C17H24BNO5/c1-6-22-14(20)11-19-15(21)12-7-9-13(10-8-12)18-23-16(2,3)17(4,5)24-18/h7-10H,6,11H2,1-5H3,(H,19,21). The zero-order valence-electron chi connectivity index (χ0n) is 14.8. The van der Waals surface area contributed by atoms with Gasteiger partial charge >= 0.3 is 13.1 Å². The second-order valence-electron chi connectivity index (χ2n) is 6.70. The molecule has 0 spiro atoms. The van der Waals surface area contributed by atoms with Crippen LogP contribution in [0.3, 0.4) is 0 Å². The first-order valence-corrected chi connectivity index (χ1v) is 8.05. The first kappa shape index (κ1) is 18.5. The van der Waals surface area contributed by atoms with Crippen molar-refractivity contribution in [1.82, 2.24) is 5.32 Å². The third-order valence-corrected chi connectivity index (χ3v) is 4.40. The normalized spacial score (nSPS) is 18.3. The van der Waals surface area contributed by atoms with E-state index in [1.165, 1.54) is 0 Å². The summed E-state index contributed by atoms with van der Waals surface area (Å²) < 4.78 is 16.7. The molecule has 2 rings (SSSR count). The lowest BCUT2D eigenvalue weighted by Crippen LogP contribution is -2.41. The van der Waals surface area contributed by atoms with E-state index in [9.17, 15) is 9.59 Å². The zero-order chi connectivity index (χ0) is 18.0. The fraction of sp³-hybridized carbons (Fsp3) is 0.529. The Balaban J connectivity index is 1.99. The number of amides is 1. The van der Waals surface area contributed by atoms with Crippen molar-refractivity contribution in [2.75, 3.05) is 13.2 Å². The minimum atomic E-state index is -0.466. The van der Waals surface area contributed by atoms with E-state index >= 15 is 0 Å². The number of benzene rings is 1. The zero-order valence-corrected chi connectivity index (χ0v) is 14.8. The monoisotopic (exact) mass is 333 g/mol. The molecule has 1 heterocycles. The molecule has 130 valence electrons. The summed E-state index contributed by atoms with van der Waals surface area (Å²) in [6, 6.07) is 6.95. The second kappa shape index (κ2) is 6.95. The molecule has 0 radical (unpaired) electrons. The molecule has 24 heavy (non-hydrogen) atoms. The van der Waals surface area contributed by atoms with Crippen molar-refractivity contribution in [3.8, 4) is 0 Å². The third kappa shape index (κ3) is 3.97. The SMILES string of the molecule is CCOC(=O)CNC(=O)c1ccc(B2OC(C)(C)C(C)(C)O2)cc1. The first-order valence-electron chi connectivity index (χ1n) is 8.05. The van der Waals surface area contributed by atoms with E-state index < -0.39 is 24.3 Å². The molecule has 1 aromatic rings. The lowest BCUT2D eigenvalue weighted by Gasteiger charge is -2.32. The number of hydrogen-bond donors (Lipinski definition) is 1. The van der Waals surface area contributed by atoms with Crippen LogP contribution in [0.5, 0.6) is 0 Å². The summed E-state index contributed by atoms with van der Waals surface area (Å²) in [6.45, 7) is 9.82. The van der Waals surface area contributed by atoms with Crippen LogP contribution in [-0.4, -0.2) is 43.3 Å². The Hall–Kier alpha value is -1.86. The van der Waals surface area contributed by atoms with Crippen molar-refractivity contribution in [2.45, 2.75) is 45.8 Å². The molecule has 0 aromatic heterocycles. The summed E-state index contributed by atoms with van der Waals surface area (Å²) in [7, 11) is -0.466. The van der Waals surface area contributed by atoms with E-state index in [1.807, 2.05) is 27.7 Å². The van der Waals surface area contributed by atoms with Gasteiger partial charge in [0.15, 0.2) is 0 Å². The minimum absolute atomic E-state index is 0.147. The second-order valence-corrected chi connectivity index (χ2v) is 6.70. The highest BCUT2D eigenvalue weighted by atomic mass is 16.7.